The second-order valence-corrected chi connectivity index (χ2v) is 7.23. The topological polar surface area (TPSA) is 97.0 Å². The van der Waals surface area contributed by atoms with Gasteiger partial charge in [-0.15, -0.1) is 0 Å². The number of hydrogen-bond donors (Lipinski definition) is 2. The maximum atomic E-state index is 12.6. The lowest BCUT2D eigenvalue weighted by Crippen LogP contribution is -2.32. The zero-order valence-electron chi connectivity index (χ0n) is 16.6. The zero-order chi connectivity index (χ0) is 21.1. The number of benzene rings is 2. The van der Waals surface area contributed by atoms with Gasteiger partial charge in [0.15, 0.2) is 11.5 Å². The van der Waals surface area contributed by atoms with E-state index in [0.29, 0.717) is 49.1 Å². The van der Waals surface area contributed by atoms with Gasteiger partial charge in [0, 0.05) is 43.9 Å². The van der Waals surface area contributed by atoms with Gasteiger partial charge in [0.05, 0.1) is 5.92 Å². The highest BCUT2D eigenvalue weighted by molar-refractivity contribution is 6.00. The van der Waals surface area contributed by atoms with Crippen LogP contribution in [0.4, 0.5) is 5.69 Å². The average Bonchev–Trinajstić information content (AvgIpc) is 3.18. The van der Waals surface area contributed by atoms with Crippen LogP contribution >= 0.6 is 0 Å². The summed E-state index contributed by atoms with van der Waals surface area (Å²) in [5, 5.41) is 5.45. The number of anilines is 1. The number of nitrogens with one attached hydrogen (secondary N) is 2. The third-order valence-corrected chi connectivity index (χ3v) is 5.22. The van der Waals surface area contributed by atoms with E-state index < -0.39 is 5.92 Å². The molecule has 3 amide bonds. The first kappa shape index (κ1) is 19.8. The number of carbonyl (C=O) groups is 3. The number of fused-ring (bicyclic) bond motifs is 1. The summed E-state index contributed by atoms with van der Waals surface area (Å²) in [6, 6.07) is 12.4. The van der Waals surface area contributed by atoms with Gasteiger partial charge in [-0.25, -0.2) is 0 Å². The Bertz CT molecular complexity index is 990. The van der Waals surface area contributed by atoms with E-state index in [1.54, 1.807) is 48.3 Å². The molecular formula is C22H23N3O5. The van der Waals surface area contributed by atoms with Crippen LogP contribution in [-0.4, -0.2) is 44.5 Å². The Balaban J connectivity index is 1.38. The van der Waals surface area contributed by atoms with Gasteiger partial charge in [0.25, 0.3) is 5.91 Å². The molecule has 1 fully saturated rings. The van der Waals surface area contributed by atoms with E-state index in [-0.39, 0.29) is 24.1 Å². The smallest absolute Gasteiger partial charge is 0.251 e. The molecule has 0 aliphatic carbocycles. The van der Waals surface area contributed by atoms with E-state index in [1.165, 1.54) is 0 Å². The van der Waals surface area contributed by atoms with E-state index >= 15 is 0 Å². The number of nitrogens with zero attached hydrogens (tertiary/aromatic N) is 1. The summed E-state index contributed by atoms with van der Waals surface area (Å²) in [5.41, 5.74) is 2.04. The maximum absolute atomic E-state index is 12.6. The van der Waals surface area contributed by atoms with E-state index in [9.17, 15) is 14.4 Å². The SMILES string of the molecule is CNC(=O)c1cccc(CNC(=O)C2CC(=O)N(c3ccc4c(c3)OCCO4)C2)c1. The predicted molar refractivity (Wildman–Crippen MR) is 110 cm³/mol. The Labute approximate surface area is 174 Å². The highest BCUT2D eigenvalue weighted by atomic mass is 16.6. The highest BCUT2D eigenvalue weighted by Gasteiger charge is 2.35. The molecule has 1 unspecified atom stereocenters. The molecule has 2 aromatic rings. The maximum Gasteiger partial charge on any atom is 0.251 e. The van der Waals surface area contributed by atoms with Crippen molar-refractivity contribution in [1.82, 2.24) is 10.6 Å². The molecule has 2 heterocycles. The van der Waals surface area contributed by atoms with Crippen molar-refractivity contribution in [3.63, 3.8) is 0 Å². The molecule has 0 saturated carbocycles. The first-order valence-corrected chi connectivity index (χ1v) is 9.84. The van der Waals surface area contributed by atoms with Crippen LogP contribution in [0.25, 0.3) is 0 Å². The van der Waals surface area contributed by atoms with Gasteiger partial charge in [-0.2, -0.15) is 0 Å². The molecule has 0 spiro atoms. The predicted octanol–water partition coefficient (Wildman–Crippen LogP) is 1.49. The second-order valence-electron chi connectivity index (χ2n) is 7.23. The Morgan fingerprint density at radius 3 is 2.70 bits per heavy atom. The third-order valence-electron chi connectivity index (χ3n) is 5.22. The number of rotatable bonds is 5. The number of carbonyl (C=O) groups excluding carboxylic acids is 3. The van der Waals surface area contributed by atoms with Gasteiger partial charge in [-0.05, 0) is 29.8 Å². The molecule has 30 heavy (non-hydrogen) atoms. The Kier molecular flexibility index (Phi) is 5.56. The quantitative estimate of drug-likeness (QED) is 0.780. The average molecular weight is 409 g/mol. The lowest BCUT2D eigenvalue weighted by atomic mass is 10.1. The van der Waals surface area contributed by atoms with E-state index in [0.717, 1.165) is 5.56 Å². The van der Waals surface area contributed by atoms with Gasteiger partial charge in [0.2, 0.25) is 11.8 Å². The second kappa shape index (κ2) is 8.44. The van der Waals surface area contributed by atoms with E-state index in [4.69, 9.17) is 9.47 Å². The fraction of sp³-hybridized carbons (Fsp3) is 0.318. The molecule has 2 aliphatic rings. The van der Waals surface area contributed by atoms with Crippen LogP contribution in [0.3, 0.4) is 0 Å². The van der Waals surface area contributed by atoms with Crippen LogP contribution in [0.5, 0.6) is 11.5 Å². The van der Waals surface area contributed by atoms with Crippen molar-refractivity contribution >= 4 is 23.4 Å². The standard InChI is InChI=1S/C22H23N3O5/c1-23-21(27)15-4-2-3-14(9-15)12-24-22(28)16-10-20(26)25(13-16)17-5-6-18-19(11-17)30-8-7-29-18/h2-6,9,11,16H,7-8,10,12-13H2,1H3,(H,23,27)(H,24,28). The van der Waals surface area contributed by atoms with Gasteiger partial charge in [0.1, 0.15) is 13.2 Å². The van der Waals surface area contributed by atoms with Crippen LogP contribution < -0.4 is 25.0 Å². The van der Waals surface area contributed by atoms with Crippen molar-refractivity contribution < 1.29 is 23.9 Å². The minimum Gasteiger partial charge on any atom is -0.486 e. The van der Waals surface area contributed by atoms with Crippen LogP contribution in [0, 0.1) is 5.92 Å². The Morgan fingerprint density at radius 1 is 1.10 bits per heavy atom. The van der Waals surface area contributed by atoms with E-state index in [1.807, 2.05) is 6.07 Å². The molecule has 4 rings (SSSR count). The van der Waals surface area contributed by atoms with Gasteiger partial charge < -0.3 is 25.0 Å². The Hall–Kier alpha value is -3.55. The van der Waals surface area contributed by atoms with Crippen molar-refractivity contribution in [3.05, 3.63) is 53.6 Å². The first-order chi connectivity index (χ1) is 14.5. The van der Waals surface area contributed by atoms with Gasteiger partial charge >= 0.3 is 0 Å². The van der Waals surface area contributed by atoms with E-state index in [2.05, 4.69) is 10.6 Å². The van der Waals surface area contributed by atoms with Gasteiger partial charge in [-0.3, -0.25) is 14.4 Å². The minimum atomic E-state index is -0.437. The van der Waals surface area contributed by atoms with Crippen LogP contribution in [0.2, 0.25) is 0 Å². The normalized spacial score (nSPS) is 17.6. The summed E-state index contributed by atoms with van der Waals surface area (Å²) < 4.78 is 11.1. The van der Waals surface area contributed by atoms with Crippen molar-refractivity contribution in [2.75, 3.05) is 31.7 Å². The lowest BCUT2D eigenvalue weighted by molar-refractivity contribution is -0.126. The molecular weight excluding hydrogens is 386 g/mol. The largest absolute Gasteiger partial charge is 0.486 e. The van der Waals surface area contributed by atoms with Crippen LogP contribution in [0.15, 0.2) is 42.5 Å². The monoisotopic (exact) mass is 409 g/mol. The number of hydrogen-bond acceptors (Lipinski definition) is 5. The fourth-order valence-electron chi connectivity index (χ4n) is 3.63. The molecule has 0 radical (unpaired) electrons. The van der Waals surface area contributed by atoms with Crippen LogP contribution in [-0.2, 0) is 16.1 Å². The zero-order valence-corrected chi connectivity index (χ0v) is 16.6. The van der Waals surface area contributed by atoms with Crippen molar-refractivity contribution in [2.24, 2.45) is 5.92 Å². The molecule has 8 heteroatoms. The summed E-state index contributed by atoms with van der Waals surface area (Å²) in [4.78, 5) is 38.5. The van der Waals surface area contributed by atoms with Crippen molar-refractivity contribution in [3.8, 4) is 11.5 Å². The fourth-order valence-corrected chi connectivity index (χ4v) is 3.63. The minimum absolute atomic E-state index is 0.103. The lowest BCUT2D eigenvalue weighted by Gasteiger charge is -2.22. The molecule has 8 nitrogen and oxygen atoms in total. The third kappa shape index (κ3) is 4.07. The highest BCUT2D eigenvalue weighted by Crippen LogP contribution is 2.36. The first-order valence-electron chi connectivity index (χ1n) is 9.84. The number of ether oxygens (including phenoxy) is 2. The molecule has 156 valence electrons. The van der Waals surface area contributed by atoms with Crippen LogP contribution in [0.1, 0.15) is 22.3 Å². The van der Waals surface area contributed by atoms with Gasteiger partial charge in [-0.1, -0.05) is 12.1 Å². The summed E-state index contributed by atoms with van der Waals surface area (Å²) >= 11 is 0. The summed E-state index contributed by atoms with van der Waals surface area (Å²) in [6.07, 6.45) is 0.151. The molecule has 1 saturated heterocycles. The molecule has 2 aromatic carbocycles. The summed E-state index contributed by atoms with van der Waals surface area (Å²) in [7, 11) is 1.57. The van der Waals surface area contributed by atoms with Crippen molar-refractivity contribution in [2.45, 2.75) is 13.0 Å². The van der Waals surface area contributed by atoms with Crippen molar-refractivity contribution in [1.29, 1.82) is 0 Å². The molecule has 0 bridgehead atoms. The summed E-state index contributed by atoms with van der Waals surface area (Å²) in [6.45, 7) is 1.57. The molecule has 2 N–H and O–H groups in total. The molecule has 1 atom stereocenters. The molecule has 2 aliphatic heterocycles. The molecule has 0 aromatic heterocycles. The number of amides is 3. The summed E-state index contributed by atoms with van der Waals surface area (Å²) in [5.74, 6) is 0.356. The Morgan fingerprint density at radius 2 is 1.90 bits per heavy atom.